The summed E-state index contributed by atoms with van der Waals surface area (Å²) < 4.78 is 44.7. The number of amides is 1. The van der Waals surface area contributed by atoms with Crippen LogP contribution in [0.3, 0.4) is 0 Å². The minimum atomic E-state index is -4.61. The molecule has 5 rings (SSSR count). The summed E-state index contributed by atoms with van der Waals surface area (Å²) in [4.78, 5) is 16.9. The molecule has 4 heterocycles. The van der Waals surface area contributed by atoms with Gasteiger partial charge in [0.05, 0.1) is 24.6 Å². The molecule has 1 saturated carbocycles. The highest BCUT2D eigenvalue weighted by Crippen LogP contribution is 2.41. The normalized spacial score (nSPS) is 14.2. The summed E-state index contributed by atoms with van der Waals surface area (Å²) in [6.07, 6.45) is 3.73. The average Bonchev–Trinajstić information content (AvgIpc) is 3.14. The Kier molecular flexibility index (Phi) is 4.72. The number of nitrogens with one attached hydrogen (secondary N) is 1. The lowest BCUT2D eigenvalue weighted by atomic mass is 10.2. The van der Waals surface area contributed by atoms with Crippen LogP contribution in [0.5, 0.6) is 0 Å². The van der Waals surface area contributed by atoms with E-state index in [1.54, 1.807) is 21.8 Å². The van der Waals surface area contributed by atoms with Crippen LogP contribution in [0.25, 0.3) is 5.65 Å². The smallest absolute Gasteiger partial charge is 0.318 e. The Morgan fingerprint density at radius 2 is 1.94 bits per heavy atom. The molecule has 1 fully saturated rings. The van der Waals surface area contributed by atoms with Gasteiger partial charge in [-0.1, -0.05) is 0 Å². The van der Waals surface area contributed by atoms with Gasteiger partial charge in [-0.2, -0.15) is 28.5 Å². The van der Waals surface area contributed by atoms with Gasteiger partial charge in [-0.25, -0.2) is 9.50 Å². The minimum Gasteiger partial charge on any atom is -0.318 e. The van der Waals surface area contributed by atoms with Crippen LogP contribution < -0.4 is 5.32 Å². The quantitative estimate of drug-likeness (QED) is 0.492. The van der Waals surface area contributed by atoms with Crippen molar-refractivity contribution in [2.75, 3.05) is 5.32 Å². The largest absolute Gasteiger partial charge is 0.433 e. The summed E-state index contributed by atoms with van der Waals surface area (Å²) in [5.41, 5.74) is 0.625. The molecule has 0 unspecified atom stereocenters. The topological polar surface area (TPSA) is 94.9 Å². The number of hydrogen-bond donors (Lipinski definition) is 1. The van der Waals surface area contributed by atoms with Crippen molar-refractivity contribution in [3.05, 3.63) is 59.6 Å². The van der Waals surface area contributed by atoms with Gasteiger partial charge in [-0.05, 0) is 25.8 Å². The molecule has 0 spiro atoms. The molecule has 0 aliphatic heterocycles. The second-order valence-electron chi connectivity index (χ2n) is 7.72. The second kappa shape index (κ2) is 7.46. The Balaban J connectivity index is 1.36. The zero-order chi connectivity index (χ0) is 22.5. The predicted molar refractivity (Wildman–Crippen MR) is 107 cm³/mol. The Morgan fingerprint density at radius 3 is 2.62 bits per heavy atom. The summed E-state index contributed by atoms with van der Waals surface area (Å²) in [6, 6.07) is 2.28. The maximum Gasteiger partial charge on any atom is 0.433 e. The summed E-state index contributed by atoms with van der Waals surface area (Å²) in [5.74, 6) is -0.613. The van der Waals surface area contributed by atoms with Gasteiger partial charge in [0.15, 0.2) is 11.3 Å². The monoisotopic (exact) mass is 444 g/mol. The highest BCUT2D eigenvalue weighted by Gasteiger charge is 2.37. The number of halogens is 3. The molecular formula is C20H19F3N8O. The van der Waals surface area contributed by atoms with Gasteiger partial charge in [0.1, 0.15) is 5.69 Å². The molecule has 0 radical (unpaired) electrons. The fourth-order valence-electron chi connectivity index (χ4n) is 3.45. The van der Waals surface area contributed by atoms with E-state index in [1.807, 2.05) is 13.1 Å². The van der Waals surface area contributed by atoms with Crippen molar-refractivity contribution < 1.29 is 18.0 Å². The van der Waals surface area contributed by atoms with Crippen molar-refractivity contribution in [3.63, 3.8) is 0 Å². The third-order valence-electron chi connectivity index (χ3n) is 5.21. The molecule has 1 amide bonds. The van der Waals surface area contributed by atoms with Crippen LogP contribution >= 0.6 is 0 Å². The summed E-state index contributed by atoms with van der Waals surface area (Å²) in [7, 11) is 0. The summed E-state index contributed by atoms with van der Waals surface area (Å²) >= 11 is 0. The van der Waals surface area contributed by atoms with Gasteiger partial charge >= 0.3 is 6.18 Å². The van der Waals surface area contributed by atoms with Crippen LogP contribution in [0.15, 0.2) is 36.9 Å². The fourth-order valence-corrected chi connectivity index (χ4v) is 3.45. The van der Waals surface area contributed by atoms with Gasteiger partial charge in [0, 0.05) is 42.2 Å². The molecule has 32 heavy (non-hydrogen) atoms. The van der Waals surface area contributed by atoms with Gasteiger partial charge in [-0.3, -0.25) is 14.2 Å². The number of alkyl halides is 3. The third-order valence-corrected chi connectivity index (χ3v) is 5.21. The van der Waals surface area contributed by atoms with Crippen molar-refractivity contribution in [2.24, 2.45) is 0 Å². The van der Waals surface area contributed by atoms with E-state index in [9.17, 15) is 18.0 Å². The number of aromatic nitrogens is 7. The van der Waals surface area contributed by atoms with Crippen molar-refractivity contribution in [1.29, 1.82) is 0 Å². The molecule has 0 aromatic carbocycles. The van der Waals surface area contributed by atoms with Gasteiger partial charge < -0.3 is 5.32 Å². The number of hydrogen-bond acceptors (Lipinski definition) is 5. The van der Waals surface area contributed by atoms with Crippen molar-refractivity contribution in [2.45, 2.75) is 44.9 Å². The van der Waals surface area contributed by atoms with Crippen LogP contribution in [-0.2, 0) is 19.3 Å². The highest BCUT2D eigenvalue weighted by atomic mass is 19.4. The minimum absolute atomic E-state index is 0.00416. The maximum absolute atomic E-state index is 13.5. The van der Waals surface area contributed by atoms with Crippen LogP contribution in [0.1, 0.15) is 53.1 Å². The Bertz CT molecular complexity index is 1300. The summed E-state index contributed by atoms with van der Waals surface area (Å²) in [6.45, 7) is 3.21. The molecule has 166 valence electrons. The average molecular weight is 444 g/mol. The van der Waals surface area contributed by atoms with Crippen molar-refractivity contribution in [3.8, 4) is 0 Å². The van der Waals surface area contributed by atoms with Crippen LogP contribution in [0.4, 0.5) is 18.9 Å². The van der Waals surface area contributed by atoms with Crippen LogP contribution in [-0.4, -0.2) is 40.1 Å². The van der Waals surface area contributed by atoms with Gasteiger partial charge in [0.2, 0.25) is 0 Å². The van der Waals surface area contributed by atoms with Crippen molar-refractivity contribution >= 4 is 17.2 Å². The molecule has 4 aromatic rings. The number of fused-ring (bicyclic) bond motifs is 1. The molecular weight excluding hydrogens is 425 g/mol. The standard InChI is InChI=1S/C20H19F3N8O/c1-2-29-9-12(7-24-29)10-30-11-14(8-25-30)26-19(32)16-6-18-27-15(13-3-4-13)5-17(20(21,22)23)31(18)28-16/h5-9,11,13H,2-4,10H2,1H3,(H,26,32). The number of carbonyl (C=O) groups excluding carboxylic acids is 1. The van der Waals surface area contributed by atoms with E-state index >= 15 is 0 Å². The van der Waals surface area contributed by atoms with Crippen LogP contribution in [0.2, 0.25) is 0 Å². The molecule has 9 nitrogen and oxygen atoms in total. The Hall–Kier alpha value is -3.70. The predicted octanol–water partition coefficient (Wildman–Crippen LogP) is 3.34. The number of carbonyl (C=O) groups is 1. The number of aryl methyl sites for hydroxylation is 1. The molecule has 1 aliphatic carbocycles. The lowest BCUT2D eigenvalue weighted by molar-refractivity contribution is -0.142. The van der Waals surface area contributed by atoms with Crippen molar-refractivity contribution in [1.82, 2.24) is 34.2 Å². The first-order chi connectivity index (χ1) is 15.3. The molecule has 0 bridgehead atoms. The number of rotatable bonds is 6. The molecule has 12 heteroatoms. The van der Waals surface area contributed by atoms with E-state index in [4.69, 9.17) is 0 Å². The van der Waals surface area contributed by atoms with Gasteiger partial charge in [0.25, 0.3) is 5.91 Å². The van der Waals surface area contributed by atoms with Crippen LogP contribution in [0, 0.1) is 0 Å². The molecule has 0 saturated heterocycles. The lowest BCUT2D eigenvalue weighted by Crippen LogP contribution is -2.16. The zero-order valence-electron chi connectivity index (χ0n) is 17.0. The lowest BCUT2D eigenvalue weighted by Gasteiger charge is -2.10. The van der Waals surface area contributed by atoms with E-state index in [0.29, 0.717) is 22.4 Å². The Labute approximate surface area is 179 Å². The molecule has 1 aliphatic rings. The first-order valence-corrected chi connectivity index (χ1v) is 10.1. The molecule has 4 aromatic heterocycles. The maximum atomic E-state index is 13.5. The zero-order valence-corrected chi connectivity index (χ0v) is 17.0. The van der Waals surface area contributed by atoms with Gasteiger partial charge in [-0.15, -0.1) is 0 Å². The first kappa shape index (κ1) is 20.2. The van der Waals surface area contributed by atoms with E-state index in [2.05, 4.69) is 25.6 Å². The van der Waals surface area contributed by atoms with E-state index in [1.165, 1.54) is 12.3 Å². The first-order valence-electron chi connectivity index (χ1n) is 10.1. The molecule has 1 N–H and O–H groups in total. The number of anilines is 1. The summed E-state index contributed by atoms with van der Waals surface area (Å²) in [5, 5.41) is 14.9. The SMILES string of the molecule is CCn1cc(Cn2cc(NC(=O)c3cc4nc(C5CC5)cc(C(F)(F)F)n4n3)cn2)cn1. The number of nitrogens with zero attached hydrogens (tertiary/aromatic N) is 7. The Morgan fingerprint density at radius 1 is 1.16 bits per heavy atom. The second-order valence-corrected chi connectivity index (χ2v) is 7.72. The van der Waals surface area contributed by atoms with E-state index in [-0.39, 0.29) is 17.3 Å². The molecule has 0 atom stereocenters. The van der Waals surface area contributed by atoms with E-state index in [0.717, 1.165) is 31.0 Å². The highest BCUT2D eigenvalue weighted by molar-refractivity contribution is 6.03. The fraction of sp³-hybridized carbons (Fsp3) is 0.350. The third kappa shape index (κ3) is 3.95. The van der Waals surface area contributed by atoms with E-state index < -0.39 is 17.8 Å².